The number of anilines is 2. The van der Waals surface area contributed by atoms with Crippen LogP contribution in [0.25, 0.3) is 0 Å². The molecule has 21 heavy (non-hydrogen) atoms. The summed E-state index contributed by atoms with van der Waals surface area (Å²) in [4.78, 5) is 0. The van der Waals surface area contributed by atoms with Crippen LogP contribution in [0.3, 0.4) is 0 Å². The average Bonchev–Trinajstić information content (AvgIpc) is 2.40. The number of nitrogens with zero attached hydrogens (tertiary/aromatic N) is 1. The number of nitriles is 1. The van der Waals surface area contributed by atoms with Crippen molar-refractivity contribution in [3.8, 4) is 6.07 Å². The summed E-state index contributed by atoms with van der Waals surface area (Å²) in [6.07, 6.45) is -4.78. The first kappa shape index (κ1) is 15.3. The van der Waals surface area contributed by atoms with E-state index in [1.54, 1.807) is 12.1 Å². The van der Waals surface area contributed by atoms with E-state index in [1.807, 2.05) is 6.07 Å². The molecule has 2 nitrogen and oxygen atoms in total. The Balaban J connectivity index is 2.42. The zero-order valence-corrected chi connectivity index (χ0v) is 11.9. The highest BCUT2D eigenvalue weighted by Gasteiger charge is 2.34. The maximum atomic E-state index is 13.2. The summed E-state index contributed by atoms with van der Waals surface area (Å²) in [6.45, 7) is 0. The third kappa shape index (κ3) is 3.52. The van der Waals surface area contributed by atoms with Crippen LogP contribution < -0.4 is 5.32 Å². The van der Waals surface area contributed by atoms with Gasteiger partial charge in [-0.25, -0.2) is 4.39 Å². The predicted molar refractivity (Wildman–Crippen MR) is 73.5 cm³/mol. The Kier molecular flexibility index (Phi) is 4.19. The molecule has 2 aromatic carbocycles. The summed E-state index contributed by atoms with van der Waals surface area (Å²) in [5.74, 6) is -1.34. The summed E-state index contributed by atoms with van der Waals surface area (Å²) in [5, 5.41) is 11.7. The monoisotopic (exact) mass is 358 g/mol. The standard InChI is InChI=1S/C14H7BrF4N2/c15-9-2-1-8(7-20)13(5-9)21-10-3-4-12(16)11(6-10)14(17,18)19/h1-6,21H. The zero-order chi connectivity index (χ0) is 15.6. The quantitative estimate of drug-likeness (QED) is 0.746. The van der Waals surface area contributed by atoms with Gasteiger partial charge in [-0.15, -0.1) is 0 Å². The highest BCUT2D eigenvalue weighted by molar-refractivity contribution is 9.10. The van der Waals surface area contributed by atoms with Gasteiger partial charge in [0.25, 0.3) is 0 Å². The molecule has 0 unspecified atom stereocenters. The van der Waals surface area contributed by atoms with Crippen LogP contribution in [0.1, 0.15) is 11.1 Å². The lowest BCUT2D eigenvalue weighted by atomic mass is 10.1. The van der Waals surface area contributed by atoms with Crippen molar-refractivity contribution in [1.29, 1.82) is 5.26 Å². The molecule has 0 saturated carbocycles. The van der Waals surface area contributed by atoms with Crippen molar-refractivity contribution in [2.75, 3.05) is 5.32 Å². The zero-order valence-electron chi connectivity index (χ0n) is 10.3. The van der Waals surface area contributed by atoms with Crippen LogP contribution in [0.2, 0.25) is 0 Å². The van der Waals surface area contributed by atoms with Crippen LogP contribution in [0.15, 0.2) is 40.9 Å². The van der Waals surface area contributed by atoms with Crippen molar-refractivity contribution in [3.63, 3.8) is 0 Å². The van der Waals surface area contributed by atoms with Gasteiger partial charge in [0.05, 0.1) is 16.8 Å². The van der Waals surface area contributed by atoms with Gasteiger partial charge in [-0.05, 0) is 36.4 Å². The maximum absolute atomic E-state index is 13.2. The van der Waals surface area contributed by atoms with Gasteiger partial charge in [-0.3, -0.25) is 0 Å². The van der Waals surface area contributed by atoms with Gasteiger partial charge in [0.2, 0.25) is 0 Å². The first-order chi connectivity index (χ1) is 9.81. The fraction of sp³-hybridized carbons (Fsp3) is 0.0714. The third-order valence-electron chi connectivity index (χ3n) is 2.65. The summed E-state index contributed by atoms with van der Waals surface area (Å²) in [7, 11) is 0. The molecule has 0 aliphatic rings. The second kappa shape index (κ2) is 5.74. The van der Waals surface area contributed by atoms with Crippen LogP contribution >= 0.6 is 15.9 Å². The van der Waals surface area contributed by atoms with Crippen LogP contribution in [-0.2, 0) is 6.18 Å². The fourth-order valence-electron chi connectivity index (χ4n) is 1.69. The second-order valence-corrected chi connectivity index (χ2v) is 5.03. The molecular formula is C14H7BrF4N2. The molecule has 2 rings (SSSR count). The minimum absolute atomic E-state index is 0.0401. The number of rotatable bonds is 2. The minimum atomic E-state index is -4.78. The van der Waals surface area contributed by atoms with Crippen molar-refractivity contribution < 1.29 is 17.6 Å². The Morgan fingerprint density at radius 2 is 1.81 bits per heavy atom. The molecule has 0 aromatic heterocycles. The summed E-state index contributed by atoms with van der Waals surface area (Å²) >= 11 is 3.21. The van der Waals surface area contributed by atoms with Crippen molar-refractivity contribution >= 4 is 27.3 Å². The Morgan fingerprint density at radius 1 is 1.10 bits per heavy atom. The van der Waals surface area contributed by atoms with Gasteiger partial charge >= 0.3 is 6.18 Å². The second-order valence-electron chi connectivity index (χ2n) is 4.12. The summed E-state index contributed by atoms with van der Waals surface area (Å²) in [6, 6.07) is 9.19. The normalized spacial score (nSPS) is 11.0. The molecule has 1 N–H and O–H groups in total. The summed E-state index contributed by atoms with van der Waals surface area (Å²) in [5.41, 5.74) is -0.734. The number of hydrogen-bond donors (Lipinski definition) is 1. The molecule has 0 fully saturated rings. The summed E-state index contributed by atoms with van der Waals surface area (Å²) < 4.78 is 51.8. The number of benzene rings is 2. The number of alkyl halides is 3. The third-order valence-corrected chi connectivity index (χ3v) is 3.15. The lowest BCUT2D eigenvalue weighted by molar-refractivity contribution is -0.139. The number of nitrogens with one attached hydrogen (secondary N) is 1. The molecule has 0 amide bonds. The van der Waals surface area contributed by atoms with Crippen molar-refractivity contribution in [2.45, 2.75) is 6.18 Å². The number of hydrogen-bond acceptors (Lipinski definition) is 2. The van der Waals surface area contributed by atoms with E-state index in [9.17, 15) is 17.6 Å². The first-order valence-electron chi connectivity index (χ1n) is 5.64. The SMILES string of the molecule is N#Cc1ccc(Br)cc1Nc1ccc(F)c(C(F)(F)F)c1. The number of halogens is 5. The average molecular weight is 359 g/mol. The topological polar surface area (TPSA) is 35.8 Å². The van der Waals surface area contributed by atoms with Gasteiger partial charge in [0.1, 0.15) is 11.9 Å². The van der Waals surface area contributed by atoms with Gasteiger partial charge in [-0.2, -0.15) is 18.4 Å². The van der Waals surface area contributed by atoms with Crippen molar-refractivity contribution in [2.24, 2.45) is 0 Å². The first-order valence-corrected chi connectivity index (χ1v) is 6.44. The van der Waals surface area contributed by atoms with Gasteiger partial charge in [-0.1, -0.05) is 15.9 Å². The molecule has 0 saturated heterocycles. The predicted octanol–water partition coefficient (Wildman–Crippen LogP) is 5.22. The molecule has 0 bridgehead atoms. The smallest absolute Gasteiger partial charge is 0.354 e. The van der Waals surface area contributed by atoms with E-state index in [0.717, 1.165) is 6.07 Å². The van der Waals surface area contributed by atoms with E-state index in [0.29, 0.717) is 16.2 Å². The molecule has 0 spiro atoms. The Morgan fingerprint density at radius 3 is 2.43 bits per heavy atom. The largest absolute Gasteiger partial charge is 0.419 e. The van der Waals surface area contributed by atoms with Gasteiger partial charge < -0.3 is 5.32 Å². The van der Waals surface area contributed by atoms with E-state index < -0.39 is 17.6 Å². The molecule has 0 heterocycles. The van der Waals surface area contributed by atoms with Crippen molar-refractivity contribution in [1.82, 2.24) is 0 Å². The van der Waals surface area contributed by atoms with Crippen molar-refractivity contribution in [3.05, 3.63) is 57.8 Å². The van der Waals surface area contributed by atoms with Gasteiger partial charge in [0, 0.05) is 10.2 Å². The Hall–Kier alpha value is -2.07. The van der Waals surface area contributed by atoms with Crippen LogP contribution in [0.5, 0.6) is 0 Å². The minimum Gasteiger partial charge on any atom is -0.354 e. The van der Waals surface area contributed by atoms with E-state index >= 15 is 0 Å². The molecule has 108 valence electrons. The van der Waals surface area contributed by atoms with Crippen LogP contribution in [0.4, 0.5) is 28.9 Å². The molecule has 0 aliphatic heterocycles. The van der Waals surface area contributed by atoms with Crippen LogP contribution in [0, 0.1) is 17.1 Å². The highest BCUT2D eigenvalue weighted by Crippen LogP contribution is 2.34. The van der Waals surface area contributed by atoms with E-state index in [-0.39, 0.29) is 11.3 Å². The van der Waals surface area contributed by atoms with Gasteiger partial charge in [0.15, 0.2) is 0 Å². The molecular weight excluding hydrogens is 352 g/mol. The lowest BCUT2D eigenvalue weighted by Crippen LogP contribution is -2.08. The fourth-order valence-corrected chi connectivity index (χ4v) is 2.05. The Labute approximate surface area is 126 Å². The highest BCUT2D eigenvalue weighted by atomic mass is 79.9. The molecule has 7 heteroatoms. The van der Waals surface area contributed by atoms with E-state index in [2.05, 4.69) is 21.2 Å². The molecule has 0 aliphatic carbocycles. The maximum Gasteiger partial charge on any atom is 0.419 e. The van der Waals surface area contributed by atoms with Crippen LogP contribution in [-0.4, -0.2) is 0 Å². The molecule has 2 aromatic rings. The lowest BCUT2D eigenvalue weighted by Gasteiger charge is -2.12. The van der Waals surface area contributed by atoms with E-state index in [4.69, 9.17) is 5.26 Å². The molecule has 0 radical (unpaired) electrons. The van der Waals surface area contributed by atoms with E-state index in [1.165, 1.54) is 12.1 Å². The Bertz CT molecular complexity index is 720. The molecule has 0 atom stereocenters.